The average molecular weight is 640 g/mol. The quantitative estimate of drug-likeness (QED) is 0.188. The second-order valence-electron chi connectivity index (χ2n) is 12.5. The number of benzene rings is 5. The van der Waals surface area contributed by atoms with Gasteiger partial charge in [0.05, 0.1) is 50.5 Å². The molecule has 0 aliphatic carbocycles. The van der Waals surface area contributed by atoms with Crippen molar-refractivity contribution in [2.75, 3.05) is 0 Å². The molecule has 0 N–H and O–H groups in total. The van der Waals surface area contributed by atoms with Crippen molar-refractivity contribution in [2.45, 2.75) is 0 Å². The van der Waals surface area contributed by atoms with E-state index in [0.717, 1.165) is 56.6 Å². The monoisotopic (exact) mass is 639 g/mol. The van der Waals surface area contributed by atoms with Crippen molar-refractivity contribution in [1.29, 1.82) is 0 Å². The molecule has 10 rings (SSSR count). The minimum absolute atomic E-state index is 0.799. The van der Waals surface area contributed by atoms with Gasteiger partial charge in [-0.25, -0.2) is 15.0 Å². The molecule has 0 unspecified atom stereocenters. The highest BCUT2D eigenvalue weighted by molar-refractivity contribution is 6.10. The Labute approximate surface area is 288 Å². The number of hydrogen-bond donors (Lipinski definition) is 0. The lowest BCUT2D eigenvalue weighted by Gasteiger charge is -2.11. The summed E-state index contributed by atoms with van der Waals surface area (Å²) in [5.74, 6) is 0.858. The molecule has 5 aromatic heterocycles. The van der Waals surface area contributed by atoms with Gasteiger partial charge in [0.2, 0.25) is 0 Å². The van der Waals surface area contributed by atoms with Crippen molar-refractivity contribution in [3.8, 4) is 45.5 Å². The van der Waals surface area contributed by atoms with E-state index in [9.17, 15) is 0 Å². The Kier molecular flexibility index (Phi) is 6.42. The third kappa shape index (κ3) is 4.52. The Hall–Kier alpha value is -6.85. The lowest BCUT2D eigenvalue weighted by molar-refractivity contribution is 1.08. The molecule has 0 radical (unpaired) electrons. The van der Waals surface area contributed by atoms with E-state index in [0.29, 0.717) is 0 Å². The van der Waals surface area contributed by atoms with Gasteiger partial charge in [-0.05, 0) is 72.8 Å². The van der Waals surface area contributed by atoms with Crippen molar-refractivity contribution in [1.82, 2.24) is 24.1 Å². The molecule has 0 bridgehead atoms. The van der Waals surface area contributed by atoms with E-state index in [-0.39, 0.29) is 0 Å². The van der Waals surface area contributed by atoms with Crippen molar-refractivity contribution < 1.29 is 0 Å². The maximum atomic E-state index is 5.13. The molecule has 234 valence electrons. The van der Waals surface area contributed by atoms with E-state index in [1.165, 1.54) is 32.6 Å². The zero-order valence-corrected chi connectivity index (χ0v) is 27.0. The average Bonchev–Trinajstić information content (AvgIpc) is 3.71. The minimum Gasteiger partial charge on any atom is -0.309 e. The highest BCUT2D eigenvalue weighted by atomic mass is 15.1. The lowest BCUT2D eigenvalue weighted by atomic mass is 10.1. The number of pyridine rings is 3. The molecule has 0 spiro atoms. The Morgan fingerprint density at radius 1 is 0.280 bits per heavy atom. The van der Waals surface area contributed by atoms with Crippen LogP contribution in [0.4, 0.5) is 0 Å². The topological polar surface area (TPSA) is 48.5 Å². The number of hydrogen-bond acceptors (Lipinski definition) is 3. The van der Waals surface area contributed by atoms with Crippen LogP contribution in [0.2, 0.25) is 0 Å². The van der Waals surface area contributed by atoms with Gasteiger partial charge in [0.1, 0.15) is 5.82 Å². The summed E-state index contributed by atoms with van der Waals surface area (Å²) in [6, 6.07) is 61.1. The van der Waals surface area contributed by atoms with Crippen LogP contribution in [0.1, 0.15) is 0 Å². The number of fused-ring (bicyclic) bond motifs is 6. The molecule has 5 nitrogen and oxygen atoms in total. The van der Waals surface area contributed by atoms with Crippen LogP contribution in [0.25, 0.3) is 89.2 Å². The molecule has 0 aliphatic heterocycles. The van der Waals surface area contributed by atoms with Crippen molar-refractivity contribution in [2.24, 2.45) is 0 Å². The second-order valence-corrected chi connectivity index (χ2v) is 12.5. The SMILES string of the molecule is c1cc(-c2ccc(-n3c4ccccc4c4ccccc43)cc2)nc(-c2cccc(-c3cccc(-n4c5ccccc5c5ccccc54)n3)n2)c1. The summed E-state index contributed by atoms with van der Waals surface area (Å²) in [6.07, 6.45) is 0. The minimum atomic E-state index is 0.799. The van der Waals surface area contributed by atoms with Crippen LogP contribution in [-0.2, 0) is 0 Å². The molecule has 10 aromatic rings. The summed E-state index contributed by atoms with van der Waals surface area (Å²) in [4.78, 5) is 15.3. The summed E-state index contributed by atoms with van der Waals surface area (Å²) >= 11 is 0. The molecule has 0 saturated heterocycles. The standard InChI is InChI=1S/C45H29N5/c1-5-21-41-32(12-1)33-13-2-6-22-42(33)49(41)31-28-26-30(27-29-31)36-16-9-17-37(46-36)38-18-10-19-39(47-38)40-20-11-25-45(48-40)50-43-23-7-3-14-34(43)35-15-4-8-24-44(35)50/h1-29H. The largest absolute Gasteiger partial charge is 0.309 e. The van der Waals surface area contributed by atoms with E-state index >= 15 is 0 Å². The van der Waals surface area contributed by atoms with Gasteiger partial charge in [0.25, 0.3) is 0 Å². The summed E-state index contributed by atoms with van der Waals surface area (Å²) < 4.78 is 4.56. The van der Waals surface area contributed by atoms with E-state index in [1.54, 1.807) is 0 Å². The molecule has 50 heavy (non-hydrogen) atoms. The van der Waals surface area contributed by atoms with E-state index in [1.807, 2.05) is 36.4 Å². The Morgan fingerprint density at radius 3 is 1.16 bits per heavy atom. The molecular weight excluding hydrogens is 611 g/mol. The third-order valence-electron chi connectivity index (χ3n) is 9.57. The van der Waals surface area contributed by atoms with Crippen LogP contribution >= 0.6 is 0 Å². The summed E-state index contributed by atoms with van der Waals surface area (Å²) in [7, 11) is 0. The lowest BCUT2D eigenvalue weighted by Crippen LogP contribution is -1.99. The number of nitrogens with zero attached hydrogens (tertiary/aromatic N) is 5. The van der Waals surface area contributed by atoms with E-state index in [2.05, 4.69) is 149 Å². The first-order chi connectivity index (χ1) is 24.8. The predicted octanol–water partition coefficient (Wildman–Crippen LogP) is 11.1. The number of aromatic nitrogens is 5. The number of para-hydroxylation sites is 4. The van der Waals surface area contributed by atoms with Crippen LogP contribution in [0.15, 0.2) is 176 Å². The molecule has 0 saturated carbocycles. The smallest absolute Gasteiger partial charge is 0.138 e. The first kappa shape index (κ1) is 28.2. The van der Waals surface area contributed by atoms with Gasteiger partial charge in [-0.2, -0.15) is 0 Å². The van der Waals surface area contributed by atoms with Gasteiger partial charge < -0.3 is 4.57 Å². The first-order valence-corrected chi connectivity index (χ1v) is 16.8. The predicted molar refractivity (Wildman–Crippen MR) is 205 cm³/mol. The van der Waals surface area contributed by atoms with Crippen LogP contribution in [0.5, 0.6) is 0 Å². The molecule has 5 aromatic carbocycles. The summed E-state index contributed by atoms with van der Waals surface area (Å²) in [5, 5.41) is 4.93. The fourth-order valence-corrected chi connectivity index (χ4v) is 7.30. The van der Waals surface area contributed by atoms with Crippen LogP contribution < -0.4 is 0 Å². The van der Waals surface area contributed by atoms with Crippen molar-refractivity contribution in [3.05, 3.63) is 176 Å². The highest BCUT2D eigenvalue weighted by Gasteiger charge is 2.15. The van der Waals surface area contributed by atoms with Crippen molar-refractivity contribution in [3.63, 3.8) is 0 Å². The first-order valence-electron chi connectivity index (χ1n) is 16.8. The molecule has 0 amide bonds. The fourth-order valence-electron chi connectivity index (χ4n) is 7.30. The van der Waals surface area contributed by atoms with Gasteiger partial charge in [0.15, 0.2) is 0 Å². The molecule has 0 atom stereocenters. The highest BCUT2D eigenvalue weighted by Crippen LogP contribution is 2.34. The summed E-state index contributed by atoms with van der Waals surface area (Å²) in [6.45, 7) is 0. The number of rotatable bonds is 5. The third-order valence-corrected chi connectivity index (χ3v) is 9.57. The zero-order valence-electron chi connectivity index (χ0n) is 27.0. The Morgan fingerprint density at radius 2 is 0.660 bits per heavy atom. The fraction of sp³-hybridized carbons (Fsp3) is 0. The van der Waals surface area contributed by atoms with Crippen LogP contribution in [-0.4, -0.2) is 24.1 Å². The molecular formula is C45H29N5. The van der Waals surface area contributed by atoms with Gasteiger partial charge >= 0.3 is 0 Å². The molecule has 0 aliphatic rings. The Balaban J connectivity index is 0.993. The van der Waals surface area contributed by atoms with Crippen LogP contribution in [0, 0.1) is 0 Å². The van der Waals surface area contributed by atoms with E-state index < -0.39 is 0 Å². The molecule has 0 fully saturated rings. The normalized spacial score (nSPS) is 11.6. The molecule has 5 heteroatoms. The molecule has 5 heterocycles. The maximum Gasteiger partial charge on any atom is 0.138 e. The van der Waals surface area contributed by atoms with Gasteiger partial charge in [-0.15, -0.1) is 0 Å². The Bertz CT molecular complexity index is 2770. The van der Waals surface area contributed by atoms with Gasteiger partial charge in [0, 0.05) is 32.8 Å². The summed E-state index contributed by atoms with van der Waals surface area (Å²) in [5.41, 5.74) is 10.9. The van der Waals surface area contributed by atoms with Crippen molar-refractivity contribution >= 4 is 43.6 Å². The zero-order chi connectivity index (χ0) is 33.0. The van der Waals surface area contributed by atoms with Gasteiger partial charge in [-0.3, -0.25) is 4.57 Å². The van der Waals surface area contributed by atoms with Crippen LogP contribution in [0.3, 0.4) is 0 Å². The second kappa shape index (κ2) is 11.4. The van der Waals surface area contributed by atoms with Gasteiger partial charge in [-0.1, -0.05) is 103 Å². The maximum absolute atomic E-state index is 5.13. The van der Waals surface area contributed by atoms with E-state index in [4.69, 9.17) is 15.0 Å².